The van der Waals surface area contributed by atoms with Crippen molar-refractivity contribution in [3.05, 3.63) is 54.6 Å². The molecule has 0 heterocycles. The van der Waals surface area contributed by atoms with Crippen LogP contribution >= 0.6 is 0 Å². The molecule has 3 N–H and O–H groups in total. The lowest BCUT2D eigenvalue weighted by atomic mass is 10.0. The highest BCUT2D eigenvalue weighted by molar-refractivity contribution is 5.97. The van der Waals surface area contributed by atoms with Gasteiger partial charge in [-0.05, 0) is 24.5 Å². The molecule has 0 radical (unpaired) electrons. The number of amides is 1. The molecule has 2 atom stereocenters. The molecule has 2 aromatic carbocycles. The van der Waals surface area contributed by atoms with Crippen LogP contribution in [0.25, 0.3) is 11.1 Å². The van der Waals surface area contributed by atoms with Gasteiger partial charge >= 0.3 is 0 Å². The Balaban J connectivity index is 1.85. The molecule has 0 saturated heterocycles. The van der Waals surface area contributed by atoms with E-state index in [1.165, 1.54) is 0 Å². The van der Waals surface area contributed by atoms with E-state index in [9.17, 15) is 4.79 Å². The average molecular weight is 280 g/mol. The number of para-hydroxylation sites is 1. The molecule has 1 saturated carbocycles. The second kappa shape index (κ2) is 6.10. The molecule has 0 aliphatic heterocycles. The molecule has 1 fully saturated rings. The molecule has 0 spiro atoms. The summed E-state index contributed by atoms with van der Waals surface area (Å²) in [4.78, 5) is 12.4. The fraction of sp³-hybridized carbons (Fsp3) is 0.278. The first-order valence-corrected chi connectivity index (χ1v) is 7.46. The third-order valence-corrected chi connectivity index (χ3v) is 4.18. The average Bonchev–Trinajstić information content (AvgIpc) is 2.95. The Morgan fingerprint density at radius 3 is 2.43 bits per heavy atom. The summed E-state index contributed by atoms with van der Waals surface area (Å²) >= 11 is 0. The van der Waals surface area contributed by atoms with Crippen molar-refractivity contribution in [3.8, 4) is 11.1 Å². The Morgan fingerprint density at radius 1 is 1.00 bits per heavy atom. The van der Waals surface area contributed by atoms with Crippen LogP contribution in [0.1, 0.15) is 19.3 Å². The standard InChI is InChI=1S/C18H20N2O/c19-16-11-6-10-15(16)18(21)20-17-12-5-4-9-14(17)13-7-2-1-3-8-13/h1-5,7-9,12,15-16H,6,10-11,19H2,(H,20,21). The molecule has 2 aromatic rings. The molecular formula is C18H20N2O. The van der Waals surface area contributed by atoms with Gasteiger partial charge in [0.25, 0.3) is 0 Å². The van der Waals surface area contributed by atoms with Gasteiger partial charge in [0.15, 0.2) is 0 Å². The normalized spacial score (nSPS) is 21.2. The van der Waals surface area contributed by atoms with Gasteiger partial charge in [0.1, 0.15) is 0 Å². The summed E-state index contributed by atoms with van der Waals surface area (Å²) < 4.78 is 0. The van der Waals surface area contributed by atoms with Gasteiger partial charge < -0.3 is 11.1 Å². The Kier molecular flexibility index (Phi) is 4.02. The third kappa shape index (κ3) is 2.98. The molecule has 2 unspecified atom stereocenters. The molecule has 1 amide bonds. The van der Waals surface area contributed by atoms with E-state index in [0.717, 1.165) is 36.1 Å². The predicted molar refractivity (Wildman–Crippen MR) is 85.8 cm³/mol. The molecule has 0 aromatic heterocycles. The third-order valence-electron chi connectivity index (χ3n) is 4.18. The van der Waals surface area contributed by atoms with Crippen molar-refractivity contribution in [1.29, 1.82) is 0 Å². The molecule has 3 nitrogen and oxygen atoms in total. The maximum absolute atomic E-state index is 12.4. The highest BCUT2D eigenvalue weighted by Gasteiger charge is 2.30. The summed E-state index contributed by atoms with van der Waals surface area (Å²) in [5.41, 5.74) is 9.02. The van der Waals surface area contributed by atoms with E-state index in [1.54, 1.807) is 0 Å². The maximum atomic E-state index is 12.4. The lowest BCUT2D eigenvalue weighted by Crippen LogP contribution is -2.34. The van der Waals surface area contributed by atoms with Gasteiger partial charge in [-0.1, -0.05) is 55.0 Å². The largest absolute Gasteiger partial charge is 0.327 e. The minimum absolute atomic E-state index is 0.00566. The minimum atomic E-state index is -0.0613. The van der Waals surface area contributed by atoms with E-state index in [-0.39, 0.29) is 17.9 Å². The Labute approximate surface area is 125 Å². The van der Waals surface area contributed by atoms with Crippen molar-refractivity contribution in [1.82, 2.24) is 0 Å². The van der Waals surface area contributed by atoms with Crippen LogP contribution in [0.5, 0.6) is 0 Å². The van der Waals surface area contributed by atoms with Crippen molar-refractivity contribution < 1.29 is 4.79 Å². The van der Waals surface area contributed by atoms with Crippen LogP contribution in [0.2, 0.25) is 0 Å². The smallest absolute Gasteiger partial charge is 0.229 e. The van der Waals surface area contributed by atoms with Gasteiger partial charge in [0.2, 0.25) is 5.91 Å². The monoisotopic (exact) mass is 280 g/mol. The molecule has 3 rings (SSSR count). The number of nitrogens with one attached hydrogen (secondary N) is 1. The number of carbonyl (C=O) groups is 1. The molecule has 1 aliphatic carbocycles. The zero-order chi connectivity index (χ0) is 14.7. The molecule has 21 heavy (non-hydrogen) atoms. The van der Waals surface area contributed by atoms with Gasteiger partial charge in [0, 0.05) is 17.3 Å². The highest BCUT2D eigenvalue weighted by atomic mass is 16.1. The number of anilines is 1. The summed E-state index contributed by atoms with van der Waals surface area (Å²) in [5.74, 6) is -0.0165. The van der Waals surface area contributed by atoms with Gasteiger partial charge in [0.05, 0.1) is 5.92 Å². The van der Waals surface area contributed by atoms with Gasteiger partial charge in [-0.25, -0.2) is 0 Å². The van der Waals surface area contributed by atoms with Gasteiger partial charge in [-0.3, -0.25) is 4.79 Å². The Morgan fingerprint density at radius 2 is 1.71 bits per heavy atom. The van der Waals surface area contributed by atoms with E-state index < -0.39 is 0 Å². The SMILES string of the molecule is NC1CCCC1C(=O)Nc1ccccc1-c1ccccc1. The second-order valence-corrected chi connectivity index (χ2v) is 5.60. The van der Waals surface area contributed by atoms with E-state index in [1.807, 2.05) is 54.6 Å². The van der Waals surface area contributed by atoms with E-state index in [4.69, 9.17) is 5.73 Å². The number of hydrogen-bond donors (Lipinski definition) is 2. The summed E-state index contributed by atoms with van der Waals surface area (Å²) in [6.45, 7) is 0. The number of nitrogens with two attached hydrogens (primary N) is 1. The van der Waals surface area contributed by atoms with Crippen molar-refractivity contribution in [2.45, 2.75) is 25.3 Å². The zero-order valence-corrected chi connectivity index (χ0v) is 12.0. The summed E-state index contributed by atoms with van der Waals surface area (Å²) in [6, 6.07) is 18.0. The summed E-state index contributed by atoms with van der Waals surface area (Å²) in [6.07, 6.45) is 2.87. The Bertz CT molecular complexity index is 624. The topological polar surface area (TPSA) is 55.1 Å². The van der Waals surface area contributed by atoms with Crippen molar-refractivity contribution in [2.24, 2.45) is 11.7 Å². The van der Waals surface area contributed by atoms with Crippen LogP contribution in [-0.4, -0.2) is 11.9 Å². The minimum Gasteiger partial charge on any atom is -0.327 e. The van der Waals surface area contributed by atoms with Crippen LogP contribution in [0.15, 0.2) is 54.6 Å². The van der Waals surface area contributed by atoms with Crippen molar-refractivity contribution >= 4 is 11.6 Å². The predicted octanol–water partition coefficient (Wildman–Crippen LogP) is 3.42. The lowest BCUT2D eigenvalue weighted by molar-refractivity contribution is -0.120. The number of carbonyl (C=O) groups excluding carboxylic acids is 1. The van der Waals surface area contributed by atoms with Crippen molar-refractivity contribution in [3.63, 3.8) is 0 Å². The van der Waals surface area contributed by atoms with E-state index >= 15 is 0 Å². The van der Waals surface area contributed by atoms with E-state index in [2.05, 4.69) is 5.32 Å². The van der Waals surface area contributed by atoms with E-state index in [0.29, 0.717) is 0 Å². The lowest BCUT2D eigenvalue weighted by Gasteiger charge is -2.17. The zero-order valence-electron chi connectivity index (χ0n) is 12.0. The van der Waals surface area contributed by atoms with Gasteiger partial charge in [-0.2, -0.15) is 0 Å². The first-order valence-electron chi connectivity index (χ1n) is 7.46. The number of hydrogen-bond acceptors (Lipinski definition) is 2. The fourth-order valence-electron chi connectivity index (χ4n) is 3.00. The number of benzene rings is 2. The first kappa shape index (κ1) is 13.8. The van der Waals surface area contributed by atoms with Crippen molar-refractivity contribution in [2.75, 3.05) is 5.32 Å². The maximum Gasteiger partial charge on any atom is 0.229 e. The van der Waals surface area contributed by atoms with Crippen LogP contribution in [0, 0.1) is 5.92 Å². The fourth-order valence-corrected chi connectivity index (χ4v) is 3.00. The van der Waals surface area contributed by atoms with Gasteiger partial charge in [-0.15, -0.1) is 0 Å². The molecule has 0 bridgehead atoms. The Hall–Kier alpha value is -2.13. The quantitative estimate of drug-likeness (QED) is 0.905. The molecular weight excluding hydrogens is 260 g/mol. The van der Waals surface area contributed by atoms with Crippen LogP contribution in [0.3, 0.4) is 0 Å². The summed E-state index contributed by atoms with van der Waals surface area (Å²) in [7, 11) is 0. The summed E-state index contributed by atoms with van der Waals surface area (Å²) in [5, 5.41) is 3.06. The van der Waals surface area contributed by atoms with Crippen LogP contribution in [-0.2, 0) is 4.79 Å². The second-order valence-electron chi connectivity index (χ2n) is 5.60. The van der Waals surface area contributed by atoms with Crippen LogP contribution < -0.4 is 11.1 Å². The molecule has 3 heteroatoms. The highest BCUT2D eigenvalue weighted by Crippen LogP contribution is 2.30. The molecule has 1 aliphatic rings. The van der Waals surface area contributed by atoms with Crippen LogP contribution in [0.4, 0.5) is 5.69 Å². The molecule has 108 valence electrons. The first-order chi connectivity index (χ1) is 10.3. The number of rotatable bonds is 3.